The summed E-state index contributed by atoms with van der Waals surface area (Å²) in [5.74, 6) is 1.20. The van der Waals surface area contributed by atoms with Crippen LogP contribution >= 0.6 is 11.8 Å². The van der Waals surface area contributed by atoms with Crippen LogP contribution in [0.5, 0.6) is 0 Å². The Morgan fingerprint density at radius 1 is 1.24 bits per heavy atom. The first kappa shape index (κ1) is 15.8. The van der Waals surface area contributed by atoms with Gasteiger partial charge in [-0.15, -0.1) is 0 Å². The number of nitrogens with one attached hydrogen (secondary N) is 1. The summed E-state index contributed by atoms with van der Waals surface area (Å²) >= 11 is 1.74. The van der Waals surface area contributed by atoms with Gasteiger partial charge in [0.25, 0.3) is 0 Å². The summed E-state index contributed by atoms with van der Waals surface area (Å²) in [6.07, 6.45) is 0. The molecule has 0 spiro atoms. The molecule has 0 saturated heterocycles. The molecule has 2 rings (SSSR count). The fourth-order valence-electron chi connectivity index (χ4n) is 2.36. The molecule has 0 aliphatic heterocycles. The second-order valence-electron chi connectivity index (χ2n) is 5.67. The number of rotatable bonds is 5. The van der Waals surface area contributed by atoms with E-state index in [1.54, 1.807) is 11.8 Å². The van der Waals surface area contributed by atoms with Crippen molar-refractivity contribution < 1.29 is 0 Å². The molecule has 4 nitrogen and oxygen atoms in total. The van der Waals surface area contributed by atoms with Crippen LogP contribution in [-0.4, -0.2) is 9.55 Å². The molecule has 0 aliphatic carbocycles. The Morgan fingerprint density at radius 3 is 2.38 bits per heavy atom. The third-order valence-electron chi connectivity index (χ3n) is 3.34. The Bertz CT molecular complexity index is 638. The van der Waals surface area contributed by atoms with E-state index < -0.39 is 0 Å². The summed E-state index contributed by atoms with van der Waals surface area (Å²) in [7, 11) is 2.00. The molecule has 2 aromatic rings. The molecule has 112 valence electrons. The SMILES string of the molecule is Cc1cc(C)cc(Sc2c(C(C)C)nc(CN=N)n2C)c1. The molecule has 5 heteroatoms. The van der Waals surface area contributed by atoms with Crippen molar-refractivity contribution in [2.24, 2.45) is 12.2 Å². The van der Waals surface area contributed by atoms with Gasteiger partial charge < -0.3 is 4.57 Å². The lowest BCUT2D eigenvalue weighted by Gasteiger charge is -2.10. The van der Waals surface area contributed by atoms with Crippen LogP contribution in [0.25, 0.3) is 0 Å². The number of aromatic nitrogens is 2. The molecule has 0 unspecified atom stereocenters. The minimum Gasteiger partial charge on any atom is -0.324 e. The van der Waals surface area contributed by atoms with Crippen molar-refractivity contribution in [1.29, 1.82) is 5.53 Å². The van der Waals surface area contributed by atoms with Gasteiger partial charge >= 0.3 is 0 Å². The molecule has 0 amide bonds. The second kappa shape index (κ2) is 6.43. The quantitative estimate of drug-likeness (QED) is 0.803. The van der Waals surface area contributed by atoms with Crippen LogP contribution in [0.1, 0.15) is 42.4 Å². The maximum Gasteiger partial charge on any atom is 0.133 e. The fourth-order valence-corrected chi connectivity index (χ4v) is 3.70. The molecule has 1 aromatic heterocycles. The Hall–Kier alpha value is -1.62. The van der Waals surface area contributed by atoms with Gasteiger partial charge in [0.2, 0.25) is 0 Å². The van der Waals surface area contributed by atoms with Gasteiger partial charge in [-0.2, -0.15) is 5.11 Å². The van der Waals surface area contributed by atoms with Gasteiger partial charge in [-0.1, -0.05) is 31.7 Å². The van der Waals surface area contributed by atoms with E-state index in [4.69, 9.17) is 5.53 Å². The molecule has 1 N–H and O–H groups in total. The topological polar surface area (TPSA) is 54.0 Å². The van der Waals surface area contributed by atoms with Crippen LogP contribution in [0, 0.1) is 19.4 Å². The highest BCUT2D eigenvalue weighted by molar-refractivity contribution is 7.99. The molecular weight excluding hydrogens is 280 g/mol. The highest BCUT2D eigenvalue weighted by atomic mass is 32.2. The summed E-state index contributed by atoms with van der Waals surface area (Å²) < 4.78 is 2.07. The number of hydrogen-bond donors (Lipinski definition) is 1. The van der Waals surface area contributed by atoms with Crippen molar-refractivity contribution in [3.05, 3.63) is 40.8 Å². The van der Waals surface area contributed by atoms with E-state index >= 15 is 0 Å². The Morgan fingerprint density at radius 2 is 1.86 bits per heavy atom. The molecule has 0 atom stereocenters. The Labute approximate surface area is 130 Å². The molecule has 1 heterocycles. The zero-order valence-corrected chi connectivity index (χ0v) is 14.1. The van der Waals surface area contributed by atoms with E-state index in [0.29, 0.717) is 12.5 Å². The molecule has 0 radical (unpaired) electrons. The highest BCUT2D eigenvalue weighted by Gasteiger charge is 2.18. The van der Waals surface area contributed by atoms with Crippen molar-refractivity contribution in [3.63, 3.8) is 0 Å². The van der Waals surface area contributed by atoms with Gasteiger partial charge in [-0.05, 0) is 43.0 Å². The lowest BCUT2D eigenvalue weighted by Crippen LogP contribution is -1.97. The zero-order chi connectivity index (χ0) is 15.6. The predicted molar refractivity (Wildman–Crippen MR) is 86.2 cm³/mol. The van der Waals surface area contributed by atoms with Gasteiger partial charge in [0, 0.05) is 11.9 Å². The lowest BCUT2D eigenvalue weighted by atomic mass is 10.1. The Balaban J connectivity index is 2.44. The molecule has 0 saturated carbocycles. The van der Waals surface area contributed by atoms with Crippen molar-refractivity contribution in [3.8, 4) is 0 Å². The average Bonchev–Trinajstić information content (AvgIpc) is 2.67. The maximum absolute atomic E-state index is 7.07. The number of aryl methyl sites for hydroxylation is 2. The summed E-state index contributed by atoms with van der Waals surface area (Å²) in [5.41, 5.74) is 10.7. The van der Waals surface area contributed by atoms with Gasteiger partial charge in [-0.3, -0.25) is 0 Å². The van der Waals surface area contributed by atoms with Crippen LogP contribution in [0.2, 0.25) is 0 Å². The molecule has 1 aromatic carbocycles. The Kier molecular flexibility index (Phi) is 4.83. The van der Waals surface area contributed by atoms with Crippen molar-refractivity contribution in [2.45, 2.75) is 50.1 Å². The molecule has 0 bridgehead atoms. The molecule has 21 heavy (non-hydrogen) atoms. The van der Waals surface area contributed by atoms with E-state index in [9.17, 15) is 0 Å². The largest absolute Gasteiger partial charge is 0.324 e. The van der Waals surface area contributed by atoms with E-state index in [0.717, 1.165) is 16.5 Å². The molecule has 0 fully saturated rings. The van der Waals surface area contributed by atoms with Crippen LogP contribution in [0.15, 0.2) is 33.2 Å². The first-order valence-corrected chi connectivity index (χ1v) is 7.89. The van der Waals surface area contributed by atoms with Gasteiger partial charge in [-0.25, -0.2) is 10.5 Å². The van der Waals surface area contributed by atoms with Gasteiger partial charge in [0.05, 0.1) is 5.69 Å². The summed E-state index contributed by atoms with van der Waals surface area (Å²) in [6.45, 7) is 8.87. The summed E-state index contributed by atoms with van der Waals surface area (Å²) in [5, 5.41) is 4.62. The molecular formula is C16H22N4S. The minimum atomic E-state index is 0.337. The van der Waals surface area contributed by atoms with Gasteiger partial charge in [0.15, 0.2) is 0 Å². The monoisotopic (exact) mass is 302 g/mol. The number of hydrogen-bond acceptors (Lipinski definition) is 4. The average molecular weight is 302 g/mol. The lowest BCUT2D eigenvalue weighted by molar-refractivity contribution is 0.716. The number of imidazole rings is 1. The highest BCUT2D eigenvalue weighted by Crippen LogP contribution is 2.35. The van der Waals surface area contributed by atoms with E-state index in [1.807, 2.05) is 7.05 Å². The smallest absolute Gasteiger partial charge is 0.133 e. The van der Waals surface area contributed by atoms with Crippen LogP contribution in [-0.2, 0) is 13.6 Å². The van der Waals surface area contributed by atoms with E-state index in [2.05, 4.69) is 60.6 Å². The van der Waals surface area contributed by atoms with E-state index in [-0.39, 0.29) is 0 Å². The number of benzene rings is 1. The van der Waals surface area contributed by atoms with Crippen molar-refractivity contribution >= 4 is 11.8 Å². The van der Waals surface area contributed by atoms with Crippen molar-refractivity contribution in [2.75, 3.05) is 0 Å². The first-order chi connectivity index (χ1) is 9.92. The first-order valence-electron chi connectivity index (χ1n) is 7.07. The van der Waals surface area contributed by atoms with Crippen LogP contribution in [0.3, 0.4) is 0 Å². The van der Waals surface area contributed by atoms with Crippen LogP contribution in [0.4, 0.5) is 0 Å². The second-order valence-corrected chi connectivity index (χ2v) is 6.74. The van der Waals surface area contributed by atoms with Crippen LogP contribution < -0.4 is 0 Å². The summed E-state index contributed by atoms with van der Waals surface area (Å²) in [6, 6.07) is 6.58. The predicted octanol–water partition coefficient (Wildman–Crippen LogP) is 4.84. The third kappa shape index (κ3) is 3.53. The fraction of sp³-hybridized carbons (Fsp3) is 0.438. The minimum absolute atomic E-state index is 0.337. The number of nitrogens with zero attached hydrogens (tertiary/aromatic N) is 3. The maximum atomic E-state index is 7.07. The standard InChI is InChI=1S/C16H22N4S/c1-10(2)15-16(20(5)14(19-15)9-18-17)21-13-7-11(3)6-12(4)8-13/h6-8,10,17H,9H2,1-5H3. The van der Waals surface area contributed by atoms with Gasteiger partial charge in [0.1, 0.15) is 17.4 Å². The zero-order valence-electron chi connectivity index (χ0n) is 13.3. The molecule has 0 aliphatic rings. The normalized spacial score (nSPS) is 11.1. The van der Waals surface area contributed by atoms with Crippen molar-refractivity contribution in [1.82, 2.24) is 9.55 Å². The summed E-state index contributed by atoms with van der Waals surface area (Å²) in [4.78, 5) is 5.90. The van der Waals surface area contributed by atoms with E-state index in [1.165, 1.54) is 16.0 Å². The third-order valence-corrected chi connectivity index (χ3v) is 4.49.